The number of hydrogen-bond donors (Lipinski definition) is 2. The summed E-state index contributed by atoms with van der Waals surface area (Å²) in [7, 11) is 0. The van der Waals surface area contributed by atoms with Gasteiger partial charge >= 0.3 is 5.97 Å². The number of rotatable bonds is 4. The summed E-state index contributed by atoms with van der Waals surface area (Å²) in [6, 6.07) is 0. The van der Waals surface area contributed by atoms with Gasteiger partial charge in [-0.2, -0.15) is 0 Å². The van der Waals surface area contributed by atoms with Crippen LogP contribution >= 0.6 is 0 Å². The minimum absolute atomic E-state index is 0.0826. The fourth-order valence-corrected chi connectivity index (χ4v) is 0.435. The van der Waals surface area contributed by atoms with Gasteiger partial charge in [-0.05, 0) is 13.8 Å². The molecule has 0 aliphatic carbocycles. The Kier molecular flexibility index (Phi) is 3.28. The number of alkyl halides is 1. The van der Waals surface area contributed by atoms with E-state index in [1.54, 1.807) is 0 Å². The summed E-state index contributed by atoms with van der Waals surface area (Å²) in [4.78, 5) is 10.3. The van der Waals surface area contributed by atoms with Gasteiger partial charge in [-0.1, -0.05) is 0 Å². The van der Waals surface area contributed by atoms with Crippen molar-refractivity contribution in [3.8, 4) is 0 Å². The van der Waals surface area contributed by atoms with E-state index in [9.17, 15) is 9.18 Å². The number of carboxylic acids is 1. The number of hydrogen-bond acceptors (Lipinski definition) is 2. The van der Waals surface area contributed by atoms with Gasteiger partial charge < -0.3 is 5.11 Å². The molecule has 0 saturated carbocycles. The Morgan fingerprint density at radius 2 is 2.20 bits per heavy atom. The van der Waals surface area contributed by atoms with Crippen molar-refractivity contribution in [3.05, 3.63) is 0 Å². The van der Waals surface area contributed by atoms with Crippen LogP contribution in [0.1, 0.15) is 13.8 Å². The molecular formula is C6H12FNO2. The molecule has 0 spiro atoms. The molecule has 0 aromatic rings. The molecule has 0 aliphatic rings. The molecule has 0 heterocycles. The molecule has 4 heteroatoms. The Balaban J connectivity index is 3.75. The zero-order valence-electron chi connectivity index (χ0n) is 6.15. The number of halogens is 1. The van der Waals surface area contributed by atoms with Crippen molar-refractivity contribution in [3.63, 3.8) is 0 Å². The molecule has 0 bridgehead atoms. The summed E-state index contributed by atoms with van der Waals surface area (Å²) < 4.78 is 11.5. The van der Waals surface area contributed by atoms with Gasteiger partial charge in [-0.25, -0.2) is 4.39 Å². The van der Waals surface area contributed by atoms with Crippen molar-refractivity contribution < 1.29 is 14.3 Å². The Labute approximate surface area is 59.2 Å². The fraction of sp³-hybridized carbons (Fsp3) is 0.833. The first kappa shape index (κ1) is 9.36. The molecule has 10 heavy (non-hydrogen) atoms. The molecule has 3 nitrogen and oxygen atoms in total. The molecule has 0 saturated heterocycles. The maximum Gasteiger partial charge on any atom is 0.323 e. The molecule has 0 fully saturated rings. The van der Waals surface area contributed by atoms with Crippen molar-refractivity contribution in [2.45, 2.75) is 19.4 Å². The predicted octanol–water partition coefficient (Wildman–Crippen LogP) is 0.409. The highest BCUT2D eigenvalue weighted by atomic mass is 19.1. The van der Waals surface area contributed by atoms with E-state index in [-0.39, 0.29) is 6.54 Å². The summed E-state index contributed by atoms with van der Waals surface area (Å²) >= 11 is 0. The van der Waals surface area contributed by atoms with Crippen LogP contribution in [0, 0.1) is 0 Å². The molecule has 0 rings (SSSR count). The van der Waals surface area contributed by atoms with Crippen molar-refractivity contribution in [1.82, 2.24) is 5.32 Å². The van der Waals surface area contributed by atoms with Crippen LogP contribution in [0.5, 0.6) is 0 Å². The third-order valence-electron chi connectivity index (χ3n) is 1.20. The second kappa shape index (κ2) is 3.51. The summed E-state index contributed by atoms with van der Waals surface area (Å²) in [6.07, 6.45) is 0. The topological polar surface area (TPSA) is 49.3 Å². The highest BCUT2D eigenvalue weighted by molar-refractivity contribution is 5.77. The highest BCUT2D eigenvalue weighted by Crippen LogP contribution is 1.99. The lowest BCUT2D eigenvalue weighted by molar-refractivity contribution is -0.143. The third kappa shape index (κ3) is 2.77. The van der Waals surface area contributed by atoms with E-state index in [0.29, 0.717) is 0 Å². The first-order chi connectivity index (χ1) is 4.50. The molecule has 60 valence electrons. The zero-order valence-corrected chi connectivity index (χ0v) is 6.15. The molecule has 0 aromatic heterocycles. The minimum atomic E-state index is -1.02. The monoisotopic (exact) mass is 149 g/mol. The number of carbonyl (C=O) groups is 1. The van der Waals surface area contributed by atoms with Crippen molar-refractivity contribution >= 4 is 5.97 Å². The maximum absolute atomic E-state index is 11.5. The molecule has 0 atom stereocenters. The number of aliphatic carboxylic acids is 1. The molecule has 0 aliphatic heterocycles. The van der Waals surface area contributed by atoms with Crippen LogP contribution in [0.15, 0.2) is 0 Å². The van der Waals surface area contributed by atoms with Gasteiger partial charge in [0, 0.05) is 6.54 Å². The molecule has 0 unspecified atom stereocenters. The van der Waals surface area contributed by atoms with E-state index in [1.807, 2.05) is 0 Å². The lowest BCUT2D eigenvalue weighted by Gasteiger charge is -2.19. The van der Waals surface area contributed by atoms with Crippen LogP contribution in [-0.4, -0.2) is 29.8 Å². The van der Waals surface area contributed by atoms with E-state index in [4.69, 9.17) is 5.11 Å². The number of nitrogens with one attached hydrogen (secondary N) is 1. The van der Waals surface area contributed by atoms with Gasteiger partial charge in [0.25, 0.3) is 0 Å². The highest BCUT2D eigenvalue weighted by Gasteiger charge is 2.25. The lowest BCUT2D eigenvalue weighted by Crippen LogP contribution is -2.47. The third-order valence-corrected chi connectivity index (χ3v) is 1.20. The normalized spacial score (nSPS) is 11.5. The molecular weight excluding hydrogens is 137 g/mol. The van der Waals surface area contributed by atoms with Crippen molar-refractivity contribution in [2.24, 2.45) is 0 Å². The summed E-state index contributed by atoms with van der Waals surface area (Å²) in [6.45, 7) is 2.52. The second-order valence-corrected chi connectivity index (χ2v) is 2.55. The Morgan fingerprint density at radius 3 is 2.50 bits per heavy atom. The van der Waals surface area contributed by atoms with Gasteiger partial charge in [0.15, 0.2) is 0 Å². The lowest BCUT2D eigenvalue weighted by atomic mass is 10.1. The van der Waals surface area contributed by atoms with Crippen molar-refractivity contribution in [1.29, 1.82) is 0 Å². The van der Waals surface area contributed by atoms with Crippen LogP contribution < -0.4 is 5.32 Å². The van der Waals surface area contributed by atoms with E-state index in [2.05, 4.69) is 5.32 Å². The molecule has 2 N–H and O–H groups in total. The van der Waals surface area contributed by atoms with E-state index < -0.39 is 18.2 Å². The van der Waals surface area contributed by atoms with Crippen LogP contribution in [0.2, 0.25) is 0 Å². The molecule has 0 radical (unpaired) electrons. The van der Waals surface area contributed by atoms with E-state index in [0.717, 1.165) is 0 Å². The summed E-state index contributed by atoms with van der Waals surface area (Å²) in [5, 5.41) is 11.0. The second-order valence-electron chi connectivity index (χ2n) is 2.55. The smallest absolute Gasteiger partial charge is 0.323 e. The first-order valence-electron chi connectivity index (χ1n) is 3.05. The zero-order chi connectivity index (χ0) is 8.20. The largest absolute Gasteiger partial charge is 0.480 e. The molecule has 0 amide bonds. The van der Waals surface area contributed by atoms with Gasteiger partial charge in [0.05, 0.1) is 0 Å². The minimum Gasteiger partial charge on any atom is -0.480 e. The summed E-state index contributed by atoms with van der Waals surface area (Å²) in [5.41, 5.74) is -1.02. The maximum atomic E-state index is 11.5. The Bertz CT molecular complexity index is 125. The van der Waals surface area contributed by atoms with Crippen LogP contribution in [0.4, 0.5) is 4.39 Å². The average Bonchev–Trinajstić information content (AvgIpc) is 1.84. The van der Waals surface area contributed by atoms with Gasteiger partial charge in [0.2, 0.25) is 0 Å². The number of carboxylic acid groups (broad SMARTS) is 1. The molecule has 0 aromatic carbocycles. The van der Waals surface area contributed by atoms with Crippen molar-refractivity contribution in [2.75, 3.05) is 13.2 Å². The van der Waals surface area contributed by atoms with Gasteiger partial charge in [-0.15, -0.1) is 0 Å². The Hall–Kier alpha value is -0.640. The Morgan fingerprint density at radius 1 is 1.70 bits per heavy atom. The SMILES string of the molecule is CC(C)(NCCF)C(=O)O. The van der Waals surface area contributed by atoms with Crippen LogP contribution in [0.3, 0.4) is 0 Å². The van der Waals surface area contributed by atoms with E-state index >= 15 is 0 Å². The first-order valence-corrected chi connectivity index (χ1v) is 3.05. The standard InChI is InChI=1S/C6H12FNO2/c1-6(2,5(9)10)8-4-3-7/h8H,3-4H2,1-2H3,(H,9,10). The average molecular weight is 149 g/mol. The van der Waals surface area contributed by atoms with Crippen LogP contribution in [0.25, 0.3) is 0 Å². The summed E-state index contributed by atoms with van der Waals surface area (Å²) in [5.74, 6) is -0.971. The van der Waals surface area contributed by atoms with Crippen LogP contribution in [-0.2, 0) is 4.79 Å². The fourth-order valence-electron chi connectivity index (χ4n) is 0.435. The van der Waals surface area contributed by atoms with Gasteiger partial charge in [-0.3, -0.25) is 10.1 Å². The quantitative estimate of drug-likeness (QED) is 0.608. The van der Waals surface area contributed by atoms with Gasteiger partial charge in [0.1, 0.15) is 12.2 Å². The van der Waals surface area contributed by atoms with E-state index in [1.165, 1.54) is 13.8 Å². The predicted molar refractivity (Wildman–Crippen MR) is 35.7 cm³/mol.